The van der Waals surface area contributed by atoms with Crippen LogP contribution in [0.5, 0.6) is 0 Å². The van der Waals surface area contributed by atoms with Crippen molar-refractivity contribution in [1.29, 1.82) is 0 Å². The highest BCUT2D eigenvalue weighted by Crippen LogP contribution is 2.49. The highest BCUT2D eigenvalue weighted by Gasteiger charge is 2.49. The first-order valence-electron chi connectivity index (χ1n) is 6.93. The number of nitrogens with one attached hydrogen (secondary N) is 1. The Bertz CT molecular complexity index is 441. The normalized spacial score (nSPS) is 26.5. The van der Waals surface area contributed by atoms with Crippen molar-refractivity contribution in [2.24, 2.45) is 5.92 Å². The Morgan fingerprint density at radius 1 is 1.47 bits per heavy atom. The summed E-state index contributed by atoms with van der Waals surface area (Å²) in [4.78, 5) is 1.24. The fourth-order valence-electron chi connectivity index (χ4n) is 3.29. The Morgan fingerprint density at radius 3 is 2.58 bits per heavy atom. The van der Waals surface area contributed by atoms with Gasteiger partial charge in [0.05, 0.1) is 16.2 Å². The molecule has 1 aliphatic heterocycles. The molecule has 0 radical (unpaired) electrons. The van der Waals surface area contributed by atoms with Gasteiger partial charge < -0.3 is 10.1 Å². The lowest BCUT2D eigenvalue weighted by Gasteiger charge is -2.33. The Balaban J connectivity index is 2.32. The minimum Gasteiger partial charge on any atom is -0.369 e. The standard InChI is InChI=1S/C15H24ClNOS/c1-6-17-12(13-11(16)7-8-19-13)10-9-14(2,3)18-15(10,4)5/h7-8,10,12,17H,6,9H2,1-5H3. The number of hydrogen-bond acceptors (Lipinski definition) is 3. The van der Waals surface area contributed by atoms with Gasteiger partial charge in [-0.1, -0.05) is 18.5 Å². The van der Waals surface area contributed by atoms with Crippen molar-refractivity contribution >= 4 is 22.9 Å². The molecule has 4 heteroatoms. The van der Waals surface area contributed by atoms with E-state index in [9.17, 15) is 0 Å². The van der Waals surface area contributed by atoms with Crippen LogP contribution in [0.3, 0.4) is 0 Å². The molecule has 2 rings (SSSR count). The summed E-state index contributed by atoms with van der Waals surface area (Å²) in [7, 11) is 0. The lowest BCUT2D eigenvalue weighted by Crippen LogP contribution is -2.38. The maximum absolute atomic E-state index is 6.34. The van der Waals surface area contributed by atoms with Crippen LogP contribution < -0.4 is 5.32 Å². The van der Waals surface area contributed by atoms with Gasteiger partial charge in [-0.15, -0.1) is 11.3 Å². The molecule has 2 unspecified atom stereocenters. The van der Waals surface area contributed by atoms with E-state index in [1.807, 2.05) is 6.07 Å². The van der Waals surface area contributed by atoms with Gasteiger partial charge in [0.15, 0.2) is 0 Å². The molecule has 0 spiro atoms. The van der Waals surface area contributed by atoms with Gasteiger partial charge in [-0.25, -0.2) is 0 Å². The summed E-state index contributed by atoms with van der Waals surface area (Å²) in [5, 5.41) is 6.54. The minimum atomic E-state index is -0.135. The summed E-state index contributed by atoms with van der Waals surface area (Å²) < 4.78 is 6.24. The molecule has 108 valence electrons. The molecule has 1 aromatic heterocycles. The average Bonchev–Trinajstić information content (AvgIpc) is 2.76. The van der Waals surface area contributed by atoms with Gasteiger partial charge in [0.2, 0.25) is 0 Å². The molecule has 1 fully saturated rings. The van der Waals surface area contributed by atoms with Gasteiger partial charge >= 0.3 is 0 Å². The Morgan fingerprint density at radius 2 is 2.16 bits per heavy atom. The topological polar surface area (TPSA) is 21.3 Å². The first kappa shape index (κ1) is 15.3. The molecule has 2 nitrogen and oxygen atoms in total. The third-order valence-corrected chi connectivity index (χ3v) is 5.34. The van der Waals surface area contributed by atoms with E-state index < -0.39 is 0 Å². The van der Waals surface area contributed by atoms with Crippen LogP contribution in [0.25, 0.3) is 0 Å². The van der Waals surface area contributed by atoms with Crippen LogP contribution in [0.1, 0.15) is 52.0 Å². The summed E-state index contributed by atoms with van der Waals surface area (Å²) in [5.41, 5.74) is -0.199. The molecular weight excluding hydrogens is 278 g/mol. The van der Waals surface area contributed by atoms with Crippen LogP contribution in [0, 0.1) is 5.92 Å². The number of rotatable bonds is 4. The van der Waals surface area contributed by atoms with Gasteiger partial charge in [0.1, 0.15) is 0 Å². The maximum atomic E-state index is 6.34. The molecular formula is C15H24ClNOS. The molecule has 1 aliphatic rings. The van der Waals surface area contributed by atoms with Crippen LogP contribution in [-0.4, -0.2) is 17.7 Å². The maximum Gasteiger partial charge on any atom is 0.0681 e. The highest BCUT2D eigenvalue weighted by molar-refractivity contribution is 7.10. The first-order valence-corrected chi connectivity index (χ1v) is 8.19. The molecule has 0 aliphatic carbocycles. The Labute approximate surface area is 125 Å². The number of halogens is 1. The molecule has 2 atom stereocenters. The second-order valence-corrected chi connectivity index (χ2v) is 7.80. The largest absolute Gasteiger partial charge is 0.369 e. The zero-order chi connectivity index (χ0) is 14.3. The van der Waals surface area contributed by atoms with Crippen molar-refractivity contribution in [2.45, 2.75) is 58.3 Å². The van der Waals surface area contributed by atoms with Crippen molar-refractivity contribution < 1.29 is 4.74 Å². The predicted molar refractivity (Wildman–Crippen MR) is 83.1 cm³/mol. The van der Waals surface area contributed by atoms with E-state index in [-0.39, 0.29) is 17.2 Å². The van der Waals surface area contributed by atoms with Crippen LogP contribution in [-0.2, 0) is 4.74 Å². The third-order valence-electron chi connectivity index (χ3n) is 3.90. The second-order valence-electron chi connectivity index (χ2n) is 6.44. The van der Waals surface area contributed by atoms with Crippen molar-refractivity contribution in [3.63, 3.8) is 0 Å². The predicted octanol–water partition coefficient (Wildman–Crippen LogP) is 4.65. The van der Waals surface area contributed by atoms with Gasteiger partial charge in [-0.05, 0) is 52.1 Å². The summed E-state index contributed by atoms with van der Waals surface area (Å²) >= 11 is 8.08. The van der Waals surface area contributed by atoms with E-state index in [0.29, 0.717) is 5.92 Å². The van der Waals surface area contributed by atoms with Crippen LogP contribution in [0.2, 0.25) is 5.02 Å². The molecule has 0 aromatic carbocycles. The first-order chi connectivity index (χ1) is 8.77. The van der Waals surface area contributed by atoms with Crippen LogP contribution in [0.15, 0.2) is 11.4 Å². The zero-order valence-electron chi connectivity index (χ0n) is 12.4. The fourth-order valence-corrected chi connectivity index (χ4v) is 4.60. The third kappa shape index (κ3) is 3.15. The number of hydrogen-bond donors (Lipinski definition) is 1. The van der Waals surface area contributed by atoms with E-state index >= 15 is 0 Å². The molecule has 1 aromatic rings. The lowest BCUT2D eigenvalue weighted by atomic mass is 9.81. The van der Waals surface area contributed by atoms with E-state index in [2.05, 4.69) is 45.3 Å². The van der Waals surface area contributed by atoms with Crippen molar-refractivity contribution in [1.82, 2.24) is 5.32 Å². The summed E-state index contributed by atoms with van der Waals surface area (Å²) in [5.74, 6) is 0.429. The van der Waals surface area contributed by atoms with Gasteiger partial charge in [0, 0.05) is 16.8 Å². The van der Waals surface area contributed by atoms with Gasteiger partial charge in [0.25, 0.3) is 0 Å². The quantitative estimate of drug-likeness (QED) is 0.874. The molecule has 2 heterocycles. The molecule has 1 N–H and O–H groups in total. The molecule has 0 saturated carbocycles. The monoisotopic (exact) mass is 301 g/mol. The van der Waals surface area contributed by atoms with Crippen molar-refractivity contribution in [2.75, 3.05) is 6.54 Å². The smallest absolute Gasteiger partial charge is 0.0681 e. The lowest BCUT2D eigenvalue weighted by molar-refractivity contribution is -0.0777. The van der Waals surface area contributed by atoms with Crippen molar-refractivity contribution in [3.05, 3.63) is 21.3 Å². The highest BCUT2D eigenvalue weighted by atomic mass is 35.5. The van der Waals surface area contributed by atoms with Crippen LogP contribution >= 0.6 is 22.9 Å². The number of ether oxygens (including phenoxy) is 1. The molecule has 0 amide bonds. The summed E-state index contributed by atoms with van der Waals surface area (Å²) in [6.45, 7) is 11.8. The number of thiophene rings is 1. The minimum absolute atomic E-state index is 0.0639. The summed E-state index contributed by atoms with van der Waals surface area (Å²) in [6.07, 6.45) is 1.05. The van der Waals surface area contributed by atoms with Crippen molar-refractivity contribution in [3.8, 4) is 0 Å². The summed E-state index contributed by atoms with van der Waals surface area (Å²) in [6, 6.07) is 2.26. The molecule has 0 bridgehead atoms. The van der Waals surface area contributed by atoms with Gasteiger partial charge in [-0.3, -0.25) is 0 Å². The molecule has 19 heavy (non-hydrogen) atoms. The average molecular weight is 302 g/mol. The van der Waals surface area contributed by atoms with Crippen LogP contribution in [0.4, 0.5) is 0 Å². The Hall–Kier alpha value is -0.0900. The van der Waals surface area contributed by atoms with E-state index in [1.165, 1.54) is 4.88 Å². The van der Waals surface area contributed by atoms with E-state index in [4.69, 9.17) is 16.3 Å². The molecule has 1 saturated heterocycles. The van der Waals surface area contributed by atoms with E-state index in [0.717, 1.165) is 18.0 Å². The Kier molecular flexibility index (Phi) is 4.32. The van der Waals surface area contributed by atoms with Gasteiger partial charge in [-0.2, -0.15) is 0 Å². The zero-order valence-corrected chi connectivity index (χ0v) is 14.0. The SMILES string of the molecule is CCNC(c1sccc1Cl)C1CC(C)(C)OC1(C)C. The second kappa shape index (κ2) is 5.36. The fraction of sp³-hybridized carbons (Fsp3) is 0.733. The van der Waals surface area contributed by atoms with E-state index in [1.54, 1.807) is 11.3 Å².